The van der Waals surface area contributed by atoms with E-state index in [1.54, 1.807) is 0 Å². The Kier molecular flexibility index (Phi) is 2.52. The van der Waals surface area contributed by atoms with Crippen LogP contribution in [0.15, 0.2) is 0 Å². The standard InChI is InChI=1S/C8H14N/c1-7-3-5-8(9-2)6-4-7/h7-9H,3-6H2,1H3. The van der Waals surface area contributed by atoms with Gasteiger partial charge >= 0.3 is 0 Å². The summed E-state index contributed by atoms with van der Waals surface area (Å²) >= 11 is 0. The molecule has 1 heteroatoms. The van der Waals surface area contributed by atoms with E-state index >= 15 is 0 Å². The molecular formula is C8H14N. The van der Waals surface area contributed by atoms with E-state index in [1.807, 2.05) is 0 Å². The van der Waals surface area contributed by atoms with Gasteiger partial charge in [0, 0.05) is 6.04 Å². The molecule has 0 aromatic rings. The van der Waals surface area contributed by atoms with Crippen LogP contribution >= 0.6 is 0 Å². The highest BCUT2D eigenvalue weighted by atomic mass is 14.9. The molecule has 0 unspecified atom stereocenters. The van der Waals surface area contributed by atoms with Gasteiger partial charge in [-0.2, -0.15) is 0 Å². The van der Waals surface area contributed by atoms with Crippen LogP contribution in [-0.2, 0) is 0 Å². The minimum Gasteiger partial charge on any atom is -0.303 e. The third-order valence-electron chi connectivity index (χ3n) is 2.22. The molecule has 0 heterocycles. The average Bonchev–Trinajstić information content (AvgIpc) is 1.90. The molecule has 1 rings (SSSR count). The third-order valence-corrected chi connectivity index (χ3v) is 2.22. The van der Waals surface area contributed by atoms with E-state index < -0.39 is 0 Å². The molecule has 0 saturated heterocycles. The maximum atomic E-state index is 6.91. The second kappa shape index (κ2) is 3.21. The first-order chi connectivity index (χ1) is 4.33. The van der Waals surface area contributed by atoms with Crippen molar-refractivity contribution in [1.29, 1.82) is 0 Å². The summed E-state index contributed by atoms with van der Waals surface area (Å²) in [5, 5.41) is 2.57. The van der Waals surface area contributed by atoms with E-state index in [0.29, 0.717) is 6.04 Å². The van der Waals surface area contributed by atoms with Crippen LogP contribution in [-0.4, -0.2) is 6.04 Å². The summed E-state index contributed by atoms with van der Waals surface area (Å²) in [6, 6.07) is 0.487. The van der Waals surface area contributed by atoms with Crippen LogP contribution in [0.4, 0.5) is 0 Å². The fraction of sp³-hybridized carbons (Fsp3) is 0.875. The van der Waals surface area contributed by atoms with E-state index in [1.165, 1.54) is 25.7 Å². The minimum absolute atomic E-state index is 0.487. The van der Waals surface area contributed by atoms with Gasteiger partial charge in [-0.25, -0.2) is 0 Å². The molecule has 1 nitrogen and oxygen atoms in total. The molecule has 0 aromatic heterocycles. The average molecular weight is 124 g/mol. The van der Waals surface area contributed by atoms with E-state index in [0.717, 1.165) is 5.92 Å². The lowest BCUT2D eigenvalue weighted by atomic mass is 9.87. The Morgan fingerprint density at radius 3 is 2.22 bits per heavy atom. The highest BCUT2D eigenvalue weighted by Crippen LogP contribution is 2.22. The van der Waals surface area contributed by atoms with Crippen molar-refractivity contribution in [3.05, 3.63) is 7.05 Å². The van der Waals surface area contributed by atoms with Crippen LogP contribution < -0.4 is 5.32 Å². The number of rotatable bonds is 1. The first-order valence-electron chi connectivity index (χ1n) is 3.75. The molecule has 0 aliphatic heterocycles. The lowest BCUT2D eigenvalue weighted by Gasteiger charge is -2.24. The summed E-state index contributed by atoms with van der Waals surface area (Å²) in [4.78, 5) is 0. The molecule has 0 atom stereocenters. The summed E-state index contributed by atoms with van der Waals surface area (Å²) in [5.41, 5.74) is 0. The summed E-state index contributed by atoms with van der Waals surface area (Å²) in [6.45, 7) is 2.29. The van der Waals surface area contributed by atoms with Crippen molar-refractivity contribution in [3.8, 4) is 0 Å². The quantitative estimate of drug-likeness (QED) is 0.561. The van der Waals surface area contributed by atoms with Gasteiger partial charge in [-0.05, 0) is 31.6 Å². The van der Waals surface area contributed by atoms with Crippen LogP contribution in [0.1, 0.15) is 32.6 Å². The van der Waals surface area contributed by atoms with Crippen LogP contribution in [0.2, 0.25) is 0 Å². The molecule has 0 amide bonds. The monoisotopic (exact) mass is 124 g/mol. The highest BCUT2D eigenvalue weighted by Gasteiger charge is 2.15. The van der Waals surface area contributed by atoms with Crippen molar-refractivity contribution < 1.29 is 0 Å². The molecule has 1 saturated carbocycles. The molecule has 1 N–H and O–H groups in total. The zero-order valence-corrected chi connectivity index (χ0v) is 5.98. The lowest BCUT2D eigenvalue weighted by Crippen LogP contribution is -2.27. The van der Waals surface area contributed by atoms with E-state index in [4.69, 9.17) is 7.05 Å². The molecule has 0 spiro atoms. The molecule has 1 fully saturated rings. The first-order valence-corrected chi connectivity index (χ1v) is 3.75. The fourth-order valence-electron chi connectivity index (χ4n) is 1.40. The minimum atomic E-state index is 0.487. The number of hydrogen-bond acceptors (Lipinski definition) is 1. The van der Waals surface area contributed by atoms with E-state index in [9.17, 15) is 0 Å². The second-order valence-corrected chi connectivity index (χ2v) is 3.10. The summed E-state index contributed by atoms with van der Waals surface area (Å²) in [6.07, 6.45) is 5.00. The molecule has 1 aliphatic rings. The summed E-state index contributed by atoms with van der Waals surface area (Å²) in [5.74, 6) is 0.898. The summed E-state index contributed by atoms with van der Waals surface area (Å²) < 4.78 is 0. The Hall–Kier alpha value is -0.0400. The normalized spacial score (nSPS) is 36.7. The predicted octanol–water partition coefficient (Wildman–Crippen LogP) is 1.70. The van der Waals surface area contributed by atoms with Gasteiger partial charge in [0.25, 0.3) is 0 Å². The van der Waals surface area contributed by atoms with Gasteiger partial charge in [0.2, 0.25) is 0 Å². The Bertz CT molecular complexity index is 72.6. The summed E-state index contributed by atoms with van der Waals surface area (Å²) in [7, 11) is 6.91. The van der Waals surface area contributed by atoms with Gasteiger partial charge in [0.15, 0.2) is 0 Å². The highest BCUT2D eigenvalue weighted by molar-refractivity contribution is 4.74. The van der Waals surface area contributed by atoms with Crippen LogP contribution in [0.3, 0.4) is 0 Å². The molecule has 51 valence electrons. The SMILES string of the molecule is [C]NC1CCC(C)CC1. The van der Waals surface area contributed by atoms with Crippen molar-refractivity contribution in [2.45, 2.75) is 38.6 Å². The van der Waals surface area contributed by atoms with Crippen molar-refractivity contribution in [2.24, 2.45) is 5.92 Å². The van der Waals surface area contributed by atoms with Crippen molar-refractivity contribution in [1.82, 2.24) is 5.32 Å². The largest absolute Gasteiger partial charge is 0.303 e. The third kappa shape index (κ3) is 1.98. The molecular weight excluding hydrogens is 110 g/mol. The number of hydrogen-bond donors (Lipinski definition) is 1. The second-order valence-electron chi connectivity index (χ2n) is 3.10. The predicted molar refractivity (Wildman–Crippen MR) is 37.8 cm³/mol. The van der Waals surface area contributed by atoms with Crippen LogP contribution in [0.5, 0.6) is 0 Å². The first kappa shape index (κ1) is 7.07. The van der Waals surface area contributed by atoms with Crippen molar-refractivity contribution in [2.75, 3.05) is 0 Å². The van der Waals surface area contributed by atoms with Crippen molar-refractivity contribution >= 4 is 0 Å². The van der Waals surface area contributed by atoms with E-state index in [-0.39, 0.29) is 0 Å². The van der Waals surface area contributed by atoms with Gasteiger partial charge in [0.05, 0.1) is 7.05 Å². The molecule has 0 bridgehead atoms. The van der Waals surface area contributed by atoms with Gasteiger partial charge in [-0.1, -0.05) is 6.92 Å². The Labute approximate surface area is 57.8 Å². The molecule has 0 aromatic carbocycles. The van der Waals surface area contributed by atoms with Crippen molar-refractivity contribution in [3.63, 3.8) is 0 Å². The van der Waals surface area contributed by atoms with Gasteiger partial charge in [-0.3, -0.25) is 0 Å². The Morgan fingerprint density at radius 1 is 1.22 bits per heavy atom. The number of nitrogens with one attached hydrogen (secondary N) is 1. The van der Waals surface area contributed by atoms with E-state index in [2.05, 4.69) is 12.2 Å². The molecule has 1 aliphatic carbocycles. The lowest BCUT2D eigenvalue weighted by molar-refractivity contribution is 0.325. The van der Waals surface area contributed by atoms with Crippen LogP contribution in [0, 0.1) is 13.0 Å². The molecule has 9 heavy (non-hydrogen) atoms. The smallest absolute Gasteiger partial charge is 0.0853 e. The Morgan fingerprint density at radius 2 is 1.78 bits per heavy atom. The Balaban J connectivity index is 2.18. The topological polar surface area (TPSA) is 12.0 Å². The zero-order chi connectivity index (χ0) is 6.69. The zero-order valence-electron chi connectivity index (χ0n) is 5.98. The maximum Gasteiger partial charge on any atom is 0.0853 e. The molecule has 3 radical (unpaired) electrons. The van der Waals surface area contributed by atoms with Crippen LogP contribution in [0.25, 0.3) is 0 Å². The van der Waals surface area contributed by atoms with Gasteiger partial charge < -0.3 is 5.32 Å². The van der Waals surface area contributed by atoms with Gasteiger partial charge in [-0.15, -0.1) is 0 Å². The van der Waals surface area contributed by atoms with Gasteiger partial charge in [0.1, 0.15) is 0 Å². The maximum absolute atomic E-state index is 6.91. The fourth-order valence-corrected chi connectivity index (χ4v) is 1.40.